The molecule has 1 heterocycles. The topological polar surface area (TPSA) is 84.9 Å². The molecule has 5 rings (SSSR count). The molecule has 39 heavy (non-hydrogen) atoms. The van der Waals surface area contributed by atoms with E-state index in [9.17, 15) is 14.7 Å². The van der Waals surface area contributed by atoms with Crippen molar-refractivity contribution < 1.29 is 24.2 Å². The molecule has 7 heteroatoms. The van der Waals surface area contributed by atoms with Gasteiger partial charge in [0.1, 0.15) is 0 Å². The first-order valence-electron chi connectivity index (χ1n) is 12.9. The van der Waals surface area contributed by atoms with Crippen LogP contribution in [-0.2, 0) is 20.7 Å². The van der Waals surface area contributed by atoms with Crippen molar-refractivity contribution in [1.82, 2.24) is 5.32 Å². The van der Waals surface area contributed by atoms with Gasteiger partial charge in [0.25, 0.3) is 0 Å². The molecule has 0 saturated heterocycles. The number of aromatic hydroxyl groups is 1. The van der Waals surface area contributed by atoms with Gasteiger partial charge in [-0.25, -0.2) is 4.79 Å². The molecule has 0 bridgehead atoms. The molecule has 1 aliphatic carbocycles. The van der Waals surface area contributed by atoms with E-state index in [-0.39, 0.29) is 29.8 Å². The Kier molecular flexibility index (Phi) is 7.89. The van der Waals surface area contributed by atoms with Crippen LogP contribution in [0.25, 0.3) is 0 Å². The van der Waals surface area contributed by atoms with Crippen LogP contribution in [0, 0.1) is 0 Å². The third kappa shape index (κ3) is 5.50. The Hall–Kier alpha value is -3.84. The number of hydrogen-bond donors (Lipinski definition) is 2. The van der Waals surface area contributed by atoms with Crippen molar-refractivity contribution in [3.05, 3.63) is 116 Å². The van der Waals surface area contributed by atoms with Crippen molar-refractivity contribution in [3.63, 3.8) is 0 Å². The van der Waals surface area contributed by atoms with Crippen molar-refractivity contribution in [3.8, 4) is 11.5 Å². The van der Waals surface area contributed by atoms with Crippen LogP contribution in [0.4, 0.5) is 0 Å². The van der Waals surface area contributed by atoms with Gasteiger partial charge in [-0.15, -0.1) is 0 Å². The molecule has 2 aliphatic rings. The molecule has 3 aromatic rings. The zero-order valence-corrected chi connectivity index (χ0v) is 23.5. The second-order valence-electron chi connectivity index (χ2n) is 9.85. The van der Waals surface area contributed by atoms with Gasteiger partial charge in [0, 0.05) is 35.7 Å². The van der Waals surface area contributed by atoms with Crippen LogP contribution in [0.1, 0.15) is 48.3 Å². The van der Waals surface area contributed by atoms with E-state index in [0.717, 1.165) is 16.8 Å². The molecule has 200 valence electrons. The van der Waals surface area contributed by atoms with Crippen molar-refractivity contribution in [2.24, 2.45) is 0 Å². The first-order chi connectivity index (χ1) is 18.9. The van der Waals surface area contributed by atoms with Gasteiger partial charge in [-0.05, 0) is 64.0 Å². The van der Waals surface area contributed by atoms with Gasteiger partial charge in [-0.1, -0.05) is 60.7 Å². The summed E-state index contributed by atoms with van der Waals surface area (Å²) in [5, 5.41) is 13.8. The van der Waals surface area contributed by atoms with Gasteiger partial charge < -0.3 is 19.9 Å². The van der Waals surface area contributed by atoms with Crippen LogP contribution in [0.3, 0.4) is 0 Å². The number of hydrogen-bond acceptors (Lipinski definition) is 6. The van der Waals surface area contributed by atoms with E-state index >= 15 is 0 Å². The van der Waals surface area contributed by atoms with E-state index in [2.05, 4.69) is 21.2 Å². The highest BCUT2D eigenvalue weighted by Gasteiger charge is 2.42. The standard InChI is InChI=1S/C32H30BrNO5/c1-19-28(32(37)39-14-13-20-9-5-3-6-10-20)29(23-15-24(33)31(36)27(18-23)38-2)30-25(34-19)16-22(17-26(30)35)21-11-7-4-8-12-21/h3-12,15,18,22,29,34,36H,13-14,16-17H2,1-2H3/t22-,29+/m1/s1. The molecule has 6 nitrogen and oxygen atoms in total. The van der Waals surface area contributed by atoms with Gasteiger partial charge in [0.2, 0.25) is 0 Å². The second kappa shape index (κ2) is 11.5. The van der Waals surface area contributed by atoms with Crippen molar-refractivity contribution in [2.45, 2.75) is 38.0 Å². The Balaban J connectivity index is 1.52. The first-order valence-corrected chi connectivity index (χ1v) is 13.7. The van der Waals surface area contributed by atoms with Gasteiger partial charge in [-0.2, -0.15) is 0 Å². The summed E-state index contributed by atoms with van der Waals surface area (Å²) in [6.45, 7) is 2.05. The van der Waals surface area contributed by atoms with E-state index in [1.54, 1.807) is 12.1 Å². The normalized spacial score (nSPS) is 18.9. The number of halogens is 1. The van der Waals surface area contributed by atoms with E-state index < -0.39 is 11.9 Å². The third-order valence-corrected chi connectivity index (χ3v) is 7.99. The summed E-state index contributed by atoms with van der Waals surface area (Å²) < 4.78 is 11.6. The molecule has 0 spiro atoms. The maximum absolute atomic E-state index is 13.8. The predicted molar refractivity (Wildman–Crippen MR) is 152 cm³/mol. The van der Waals surface area contributed by atoms with Crippen LogP contribution >= 0.6 is 15.9 Å². The van der Waals surface area contributed by atoms with Crippen LogP contribution in [0.2, 0.25) is 0 Å². The van der Waals surface area contributed by atoms with Crippen LogP contribution in [0.5, 0.6) is 11.5 Å². The summed E-state index contributed by atoms with van der Waals surface area (Å²) in [7, 11) is 1.47. The predicted octanol–water partition coefficient (Wildman–Crippen LogP) is 6.31. The van der Waals surface area contributed by atoms with Crippen LogP contribution in [-0.4, -0.2) is 30.6 Å². The fraction of sp³-hybridized carbons (Fsp3) is 0.250. The lowest BCUT2D eigenvalue weighted by Gasteiger charge is -2.37. The molecule has 0 radical (unpaired) electrons. The lowest BCUT2D eigenvalue weighted by Crippen LogP contribution is -2.36. The highest BCUT2D eigenvalue weighted by atomic mass is 79.9. The number of Topliss-reactive ketones (excluding diaryl/α,β-unsaturated/α-hetero) is 1. The summed E-state index contributed by atoms with van der Waals surface area (Å²) >= 11 is 3.41. The van der Waals surface area contributed by atoms with Crippen molar-refractivity contribution in [1.29, 1.82) is 0 Å². The lowest BCUT2D eigenvalue weighted by atomic mass is 9.71. The molecule has 0 aromatic heterocycles. The van der Waals surface area contributed by atoms with Crippen molar-refractivity contribution in [2.75, 3.05) is 13.7 Å². The van der Waals surface area contributed by atoms with Gasteiger partial charge in [0.15, 0.2) is 17.3 Å². The maximum Gasteiger partial charge on any atom is 0.336 e. The fourth-order valence-corrected chi connectivity index (χ4v) is 5.96. The van der Waals surface area contributed by atoms with E-state index in [1.165, 1.54) is 7.11 Å². The SMILES string of the molecule is COc1cc([C@H]2C(C(=O)OCCc3ccccc3)=C(C)NC3=C2C(=O)C[C@H](c2ccccc2)C3)cc(Br)c1O. The number of dihydropyridines is 1. The quantitative estimate of drug-likeness (QED) is 0.315. The summed E-state index contributed by atoms with van der Waals surface area (Å²) in [5.41, 5.74) is 5.24. The Bertz CT molecular complexity index is 1460. The molecule has 3 aromatic carbocycles. The third-order valence-electron chi connectivity index (χ3n) is 7.39. The number of carbonyl (C=O) groups excluding carboxylic acids is 2. The number of phenolic OH excluding ortho intramolecular Hbond substituents is 1. The molecule has 0 amide bonds. The Morgan fingerprint density at radius 2 is 1.72 bits per heavy atom. The number of carbonyl (C=O) groups is 2. The smallest absolute Gasteiger partial charge is 0.336 e. The molecule has 0 unspecified atom stereocenters. The maximum atomic E-state index is 13.8. The number of rotatable bonds is 7. The number of nitrogens with one attached hydrogen (secondary N) is 1. The van der Waals surface area contributed by atoms with Crippen LogP contribution < -0.4 is 10.1 Å². The summed E-state index contributed by atoms with van der Waals surface area (Å²) in [4.78, 5) is 27.4. The van der Waals surface area contributed by atoms with E-state index in [4.69, 9.17) is 9.47 Å². The number of allylic oxidation sites excluding steroid dienone is 3. The lowest BCUT2D eigenvalue weighted by molar-refractivity contribution is -0.139. The summed E-state index contributed by atoms with van der Waals surface area (Å²) in [5.74, 6) is -0.919. The number of ether oxygens (including phenoxy) is 2. The minimum atomic E-state index is -0.666. The molecule has 2 N–H and O–H groups in total. The van der Waals surface area contributed by atoms with E-state index in [1.807, 2.05) is 67.6 Å². The summed E-state index contributed by atoms with van der Waals surface area (Å²) in [6.07, 6.45) is 1.57. The zero-order chi connectivity index (χ0) is 27.5. The second-order valence-corrected chi connectivity index (χ2v) is 10.7. The fourth-order valence-electron chi connectivity index (χ4n) is 5.50. The number of esters is 1. The molecule has 1 aliphatic heterocycles. The Morgan fingerprint density at radius 3 is 2.41 bits per heavy atom. The minimum absolute atomic E-state index is 0.0205. The van der Waals surface area contributed by atoms with Crippen LogP contribution in [0.15, 0.2) is 99.8 Å². The van der Waals surface area contributed by atoms with Gasteiger partial charge >= 0.3 is 5.97 Å². The van der Waals surface area contributed by atoms with Gasteiger partial charge in [-0.3, -0.25) is 4.79 Å². The van der Waals surface area contributed by atoms with Crippen molar-refractivity contribution >= 4 is 27.7 Å². The first kappa shape index (κ1) is 26.8. The monoisotopic (exact) mass is 587 g/mol. The number of phenols is 1. The molecular formula is C32H30BrNO5. The average molecular weight is 588 g/mol. The highest BCUT2D eigenvalue weighted by molar-refractivity contribution is 9.10. The number of ketones is 1. The van der Waals surface area contributed by atoms with Gasteiger partial charge in [0.05, 0.1) is 23.8 Å². The Labute approximate surface area is 236 Å². The molecular weight excluding hydrogens is 558 g/mol. The minimum Gasteiger partial charge on any atom is -0.503 e. The Morgan fingerprint density at radius 1 is 1.03 bits per heavy atom. The van der Waals surface area contributed by atoms with E-state index in [0.29, 0.717) is 46.1 Å². The largest absolute Gasteiger partial charge is 0.503 e. The highest BCUT2D eigenvalue weighted by Crippen LogP contribution is 2.48. The summed E-state index contributed by atoms with van der Waals surface area (Å²) in [6, 6.07) is 23.3. The number of benzene rings is 3. The zero-order valence-electron chi connectivity index (χ0n) is 21.9. The number of methoxy groups -OCH3 is 1. The molecule has 2 atom stereocenters. The average Bonchev–Trinajstić information content (AvgIpc) is 2.94. The molecule has 0 saturated carbocycles. The molecule has 0 fully saturated rings.